The van der Waals surface area contributed by atoms with Gasteiger partial charge >= 0.3 is 0 Å². The topological polar surface area (TPSA) is 140 Å². The van der Waals surface area contributed by atoms with E-state index in [-0.39, 0.29) is 12.4 Å². The average Bonchev–Trinajstić information content (AvgIpc) is 2.82. The highest BCUT2D eigenvalue weighted by Crippen LogP contribution is 2.27. The molecular formula is C10H13N5O4. The fourth-order valence-electron chi connectivity index (χ4n) is 2.09. The summed E-state index contributed by atoms with van der Waals surface area (Å²) in [5.41, 5.74) is 6.44. The van der Waals surface area contributed by atoms with E-state index in [0.29, 0.717) is 11.2 Å². The zero-order valence-corrected chi connectivity index (χ0v) is 9.79. The number of aromatic nitrogens is 4. The van der Waals surface area contributed by atoms with Gasteiger partial charge in [0.15, 0.2) is 17.7 Å². The number of ether oxygens (including phenoxy) is 1. The van der Waals surface area contributed by atoms with Crippen molar-refractivity contribution in [2.45, 2.75) is 24.5 Å². The molecule has 5 N–H and O–H groups in total. The van der Waals surface area contributed by atoms with E-state index in [1.54, 1.807) is 0 Å². The summed E-state index contributed by atoms with van der Waals surface area (Å²) >= 11 is 0. The van der Waals surface area contributed by atoms with Crippen molar-refractivity contribution in [1.29, 1.82) is 0 Å². The van der Waals surface area contributed by atoms with Gasteiger partial charge in [-0.15, -0.1) is 0 Å². The number of rotatable bonds is 1. The molecule has 0 radical (unpaired) electrons. The van der Waals surface area contributed by atoms with E-state index in [1.807, 2.05) is 0 Å². The van der Waals surface area contributed by atoms with Crippen LogP contribution in [-0.2, 0) is 4.74 Å². The lowest BCUT2D eigenvalue weighted by atomic mass is 10.0. The number of aliphatic hydroxyl groups excluding tert-OH is 3. The molecule has 0 bridgehead atoms. The third-order valence-corrected chi connectivity index (χ3v) is 3.14. The van der Waals surface area contributed by atoms with E-state index >= 15 is 0 Å². The molecule has 0 amide bonds. The molecule has 1 saturated heterocycles. The van der Waals surface area contributed by atoms with Crippen molar-refractivity contribution in [2.75, 3.05) is 12.3 Å². The van der Waals surface area contributed by atoms with Crippen molar-refractivity contribution >= 4 is 17.0 Å². The minimum atomic E-state index is -1.30. The van der Waals surface area contributed by atoms with E-state index in [2.05, 4.69) is 15.0 Å². The van der Waals surface area contributed by atoms with Crippen LogP contribution in [-0.4, -0.2) is 59.8 Å². The van der Waals surface area contributed by atoms with Crippen molar-refractivity contribution in [2.24, 2.45) is 0 Å². The summed E-state index contributed by atoms with van der Waals surface area (Å²) in [6, 6.07) is 0. The third kappa shape index (κ3) is 1.83. The second-order valence-corrected chi connectivity index (χ2v) is 4.36. The Labute approximate surface area is 107 Å². The van der Waals surface area contributed by atoms with E-state index in [1.165, 1.54) is 17.2 Å². The number of fused-ring (bicyclic) bond motifs is 1. The van der Waals surface area contributed by atoms with Crippen LogP contribution in [0.3, 0.4) is 0 Å². The molecule has 9 nitrogen and oxygen atoms in total. The minimum absolute atomic E-state index is 0.0941. The monoisotopic (exact) mass is 267 g/mol. The molecule has 0 spiro atoms. The Morgan fingerprint density at radius 2 is 2.00 bits per heavy atom. The summed E-state index contributed by atoms with van der Waals surface area (Å²) in [5, 5.41) is 29.0. The highest BCUT2D eigenvalue weighted by molar-refractivity contribution is 5.81. The lowest BCUT2D eigenvalue weighted by molar-refractivity contribution is -0.210. The molecule has 102 valence electrons. The fourth-order valence-corrected chi connectivity index (χ4v) is 2.09. The largest absolute Gasteiger partial charge is 0.388 e. The van der Waals surface area contributed by atoms with Crippen LogP contribution in [0.4, 0.5) is 5.82 Å². The van der Waals surface area contributed by atoms with Crippen LogP contribution >= 0.6 is 0 Å². The molecule has 1 aliphatic heterocycles. The Bertz CT molecular complexity index is 603. The first-order valence-corrected chi connectivity index (χ1v) is 5.68. The minimum Gasteiger partial charge on any atom is -0.388 e. The summed E-state index contributed by atoms with van der Waals surface area (Å²) in [7, 11) is 0. The molecule has 0 aliphatic carbocycles. The summed E-state index contributed by atoms with van der Waals surface area (Å²) in [4.78, 5) is 11.9. The maximum atomic E-state index is 9.95. The Kier molecular flexibility index (Phi) is 2.82. The predicted octanol–water partition coefficient (Wildman–Crippen LogP) is -1.98. The molecule has 3 heterocycles. The highest BCUT2D eigenvalue weighted by Gasteiger charge is 2.39. The number of aliphatic hydroxyl groups is 3. The van der Waals surface area contributed by atoms with Crippen molar-refractivity contribution in [3.63, 3.8) is 0 Å². The van der Waals surface area contributed by atoms with Gasteiger partial charge in [-0.25, -0.2) is 15.0 Å². The van der Waals surface area contributed by atoms with Crippen molar-refractivity contribution in [1.82, 2.24) is 19.5 Å². The quantitative estimate of drug-likeness (QED) is 0.466. The van der Waals surface area contributed by atoms with Gasteiger partial charge in [0, 0.05) is 0 Å². The van der Waals surface area contributed by atoms with Crippen LogP contribution in [0.5, 0.6) is 0 Å². The van der Waals surface area contributed by atoms with Crippen LogP contribution in [0, 0.1) is 0 Å². The van der Waals surface area contributed by atoms with E-state index < -0.39 is 24.5 Å². The standard InChI is InChI=1S/C10H13N5O4/c11-8-5-9(13-2-12-8)15(3-14-5)10-7(18)6(17)4(16)1-19-10/h2-4,6-7,10,16-18H,1H2,(H2,11,12,13). The SMILES string of the molecule is Nc1ncnc2c1ncn2C1OCC(O)C(O)C1O. The molecular weight excluding hydrogens is 254 g/mol. The van der Waals surface area contributed by atoms with Crippen LogP contribution in [0.1, 0.15) is 6.23 Å². The van der Waals surface area contributed by atoms with Gasteiger partial charge in [0.05, 0.1) is 12.9 Å². The number of nitrogen functional groups attached to an aromatic ring is 1. The molecule has 3 rings (SSSR count). The van der Waals surface area contributed by atoms with Crippen molar-refractivity contribution < 1.29 is 20.1 Å². The van der Waals surface area contributed by atoms with Gasteiger partial charge in [0.2, 0.25) is 0 Å². The number of hydrogen-bond acceptors (Lipinski definition) is 8. The first-order chi connectivity index (χ1) is 9.09. The van der Waals surface area contributed by atoms with Gasteiger partial charge in [-0.2, -0.15) is 0 Å². The summed E-state index contributed by atoms with van der Waals surface area (Å²) in [6.07, 6.45) is -1.93. The van der Waals surface area contributed by atoms with Gasteiger partial charge in [0.1, 0.15) is 30.2 Å². The normalized spacial score (nSPS) is 31.7. The zero-order valence-electron chi connectivity index (χ0n) is 9.79. The highest BCUT2D eigenvalue weighted by atomic mass is 16.5. The van der Waals surface area contributed by atoms with E-state index in [0.717, 1.165) is 0 Å². The molecule has 4 unspecified atom stereocenters. The Morgan fingerprint density at radius 3 is 2.79 bits per heavy atom. The van der Waals surface area contributed by atoms with Crippen LogP contribution in [0.2, 0.25) is 0 Å². The summed E-state index contributed by atoms with van der Waals surface area (Å²) in [6.45, 7) is -0.0941. The molecule has 2 aromatic rings. The van der Waals surface area contributed by atoms with Gasteiger partial charge in [0.25, 0.3) is 0 Å². The first-order valence-electron chi connectivity index (χ1n) is 5.68. The van der Waals surface area contributed by atoms with Gasteiger partial charge in [-0.3, -0.25) is 4.57 Å². The molecule has 19 heavy (non-hydrogen) atoms. The maximum Gasteiger partial charge on any atom is 0.167 e. The lowest BCUT2D eigenvalue weighted by Gasteiger charge is -2.35. The fraction of sp³-hybridized carbons (Fsp3) is 0.500. The number of nitrogens with two attached hydrogens (primary N) is 1. The number of anilines is 1. The van der Waals surface area contributed by atoms with Gasteiger partial charge in [-0.05, 0) is 0 Å². The molecule has 1 fully saturated rings. The third-order valence-electron chi connectivity index (χ3n) is 3.14. The zero-order chi connectivity index (χ0) is 13.6. The predicted molar refractivity (Wildman–Crippen MR) is 62.7 cm³/mol. The van der Waals surface area contributed by atoms with Crippen LogP contribution in [0.25, 0.3) is 11.2 Å². The molecule has 0 saturated carbocycles. The Hall–Kier alpha value is -1.81. The first kappa shape index (κ1) is 12.2. The molecule has 1 aliphatic rings. The van der Waals surface area contributed by atoms with Crippen molar-refractivity contribution in [3.8, 4) is 0 Å². The average molecular weight is 267 g/mol. The molecule has 2 aromatic heterocycles. The Balaban J connectivity index is 2.03. The smallest absolute Gasteiger partial charge is 0.167 e. The van der Waals surface area contributed by atoms with Gasteiger partial charge < -0.3 is 25.8 Å². The molecule has 9 heteroatoms. The van der Waals surface area contributed by atoms with Crippen LogP contribution < -0.4 is 5.73 Å². The number of imidazole rings is 1. The summed E-state index contributed by atoms with van der Waals surface area (Å²) < 4.78 is 6.78. The van der Waals surface area contributed by atoms with Gasteiger partial charge in [-0.1, -0.05) is 0 Å². The summed E-state index contributed by atoms with van der Waals surface area (Å²) in [5.74, 6) is 0.217. The number of nitrogens with zero attached hydrogens (tertiary/aromatic N) is 4. The van der Waals surface area contributed by atoms with E-state index in [9.17, 15) is 15.3 Å². The van der Waals surface area contributed by atoms with Crippen LogP contribution in [0.15, 0.2) is 12.7 Å². The molecule has 0 aromatic carbocycles. The maximum absolute atomic E-state index is 9.95. The van der Waals surface area contributed by atoms with E-state index in [4.69, 9.17) is 10.5 Å². The Morgan fingerprint density at radius 1 is 1.21 bits per heavy atom. The second kappa shape index (κ2) is 4.38. The van der Waals surface area contributed by atoms with Crippen molar-refractivity contribution in [3.05, 3.63) is 12.7 Å². The molecule has 4 atom stereocenters. The number of hydrogen-bond donors (Lipinski definition) is 4. The lowest BCUT2D eigenvalue weighted by Crippen LogP contribution is -2.50. The second-order valence-electron chi connectivity index (χ2n) is 4.36.